The number of carbonyl (C=O) groups excluding carboxylic acids is 2. The van der Waals surface area contributed by atoms with Gasteiger partial charge in [-0.2, -0.15) is 0 Å². The van der Waals surface area contributed by atoms with Crippen molar-refractivity contribution in [2.45, 2.75) is 238 Å². The van der Waals surface area contributed by atoms with Crippen LogP contribution in [-0.2, 0) is 19.1 Å². The van der Waals surface area contributed by atoms with Crippen LogP contribution in [0.15, 0.2) is 158 Å². The molecule has 1 atom stereocenters. The van der Waals surface area contributed by atoms with Crippen molar-refractivity contribution in [3.63, 3.8) is 0 Å². The highest BCUT2D eigenvalue weighted by Crippen LogP contribution is 2.14. The second-order valence-electron chi connectivity index (χ2n) is 18.6. The van der Waals surface area contributed by atoms with Gasteiger partial charge in [-0.25, -0.2) is 0 Å². The summed E-state index contributed by atoms with van der Waals surface area (Å²) in [6, 6.07) is 0. The topological polar surface area (TPSA) is 72.8 Å². The van der Waals surface area contributed by atoms with E-state index < -0.39 is 6.10 Å². The van der Waals surface area contributed by atoms with Crippen LogP contribution < -0.4 is 0 Å². The van der Waals surface area contributed by atoms with E-state index in [9.17, 15) is 14.7 Å². The first-order valence-corrected chi connectivity index (χ1v) is 29.0. The standard InChI is InChI=1S/C67H106O5/c1-3-5-7-9-11-13-15-17-19-21-23-25-27-28-29-30-31-32-33-34-35-36-37-38-40-42-44-46-48-50-52-54-56-58-60-62-67(70)72-65(63-68)64-71-66(69)61-59-57-55-53-51-49-47-45-43-41-39-26-24-22-20-18-16-14-12-10-8-6-4-2/h5-8,11-14,17-20,23-26,28-29,31-32,34-35,37-38,42,44,65,68H,3-4,9-10,15-16,21-22,27,30,33,36,39-41,43,45-64H2,1-2H3/b7-5-,8-6-,13-11-,14-12-,19-17-,20-18-,25-23-,26-24-,29-28-,32-31-,35-34-,38-37-,44-42-. The van der Waals surface area contributed by atoms with Gasteiger partial charge in [0.2, 0.25) is 0 Å². The van der Waals surface area contributed by atoms with Crippen LogP contribution in [0.25, 0.3) is 0 Å². The lowest BCUT2D eigenvalue weighted by Crippen LogP contribution is -2.28. The highest BCUT2D eigenvalue weighted by Gasteiger charge is 2.16. The number of unbranched alkanes of at least 4 members (excludes halogenated alkanes) is 17. The van der Waals surface area contributed by atoms with E-state index in [1.807, 2.05) is 0 Å². The Hall–Kier alpha value is -4.48. The molecule has 0 rings (SSSR count). The SMILES string of the molecule is CC/C=C\C/C=C\C/C=C\C/C=C\C/C=C\C/C=C\C/C=C\C/C=C\C/C=C\CCCCCCCCCC(=O)OC(CO)COC(=O)CCCCCCCCCCCC/C=C\C/C=C\C/C=C\C/C=C\CC. The fourth-order valence-corrected chi connectivity index (χ4v) is 7.54. The predicted octanol–water partition coefficient (Wildman–Crippen LogP) is 20.0. The Bertz CT molecular complexity index is 1590. The van der Waals surface area contributed by atoms with Crippen LogP contribution in [0.4, 0.5) is 0 Å². The van der Waals surface area contributed by atoms with Gasteiger partial charge in [0.05, 0.1) is 6.61 Å². The highest BCUT2D eigenvalue weighted by atomic mass is 16.6. The molecule has 5 heteroatoms. The van der Waals surface area contributed by atoms with E-state index in [1.54, 1.807) is 0 Å². The summed E-state index contributed by atoms with van der Waals surface area (Å²) in [7, 11) is 0. The quantitative estimate of drug-likeness (QED) is 0.0373. The van der Waals surface area contributed by atoms with Gasteiger partial charge < -0.3 is 14.6 Å². The van der Waals surface area contributed by atoms with Crippen LogP contribution >= 0.6 is 0 Å². The minimum atomic E-state index is -0.793. The lowest BCUT2D eigenvalue weighted by atomic mass is 10.1. The molecule has 0 spiro atoms. The molecule has 0 saturated carbocycles. The first kappa shape index (κ1) is 67.5. The molecule has 0 saturated heterocycles. The van der Waals surface area contributed by atoms with E-state index in [2.05, 4.69) is 172 Å². The maximum Gasteiger partial charge on any atom is 0.306 e. The van der Waals surface area contributed by atoms with Crippen LogP contribution in [0.3, 0.4) is 0 Å². The smallest absolute Gasteiger partial charge is 0.306 e. The zero-order valence-electron chi connectivity index (χ0n) is 46.1. The maximum atomic E-state index is 12.3. The Morgan fingerprint density at radius 1 is 0.319 bits per heavy atom. The summed E-state index contributed by atoms with van der Waals surface area (Å²) in [6.07, 6.45) is 93.5. The van der Waals surface area contributed by atoms with Gasteiger partial charge in [-0.05, 0) is 122 Å². The minimum absolute atomic E-state index is 0.0825. The van der Waals surface area contributed by atoms with Crippen molar-refractivity contribution in [2.75, 3.05) is 13.2 Å². The molecule has 5 nitrogen and oxygen atoms in total. The molecule has 72 heavy (non-hydrogen) atoms. The summed E-state index contributed by atoms with van der Waals surface area (Å²) in [4.78, 5) is 24.5. The summed E-state index contributed by atoms with van der Waals surface area (Å²) < 4.78 is 10.7. The van der Waals surface area contributed by atoms with Crippen molar-refractivity contribution >= 4 is 11.9 Å². The monoisotopic (exact) mass is 991 g/mol. The molecule has 0 aliphatic rings. The molecular weight excluding hydrogens is 885 g/mol. The number of esters is 2. The fourth-order valence-electron chi connectivity index (χ4n) is 7.54. The van der Waals surface area contributed by atoms with Crippen molar-refractivity contribution in [1.29, 1.82) is 0 Å². The average molecular weight is 992 g/mol. The maximum absolute atomic E-state index is 12.3. The number of hydrogen-bond acceptors (Lipinski definition) is 5. The summed E-state index contributed by atoms with van der Waals surface area (Å²) >= 11 is 0. The van der Waals surface area contributed by atoms with E-state index in [1.165, 1.54) is 77.0 Å². The van der Waals surface area contributed by atoms with Crippen molar-refractivity contribution in [3.05, 3.63) is 158 Å². The Kier molecular flexibility index (Phi) is 57.0. The molecule has 0 aliphatic heterocycles. The van der Waals surface area contributed by atoms with Gasteiger partial charge in [-0.1, -0.05) is 255 Å². The van der Waals surface area contributed by atoms with Gasteiger partial charge in [-0.3, -0.25) is 9.59 Å². The summed E-state index contributed by atoms with van der Waals surface area (Å²) in [5, 5.41) is 9.66. The summed E-state index contributed by atoms with van der Waals surface area (Å²) in [5.74, 6) is -0.618. The lowest BCUT2D eigenvalue weighted by molar-refractivity contribution is -0.161. The Balaban J connectivity index is 3.61. The summed E-state index contributed by atoms with van der Waals surface area (Å²) in [6.45, 7) is 3.90. The predicted molar refractivity (Wildman–Crippen MR) is 315 cm³/mol. The minimum Gasteiger partial charge on any atom is -0.462 e. The van der Waals surface area contributed by atoms with Gasteiger partial charge in [0.1, 0.15) is 6.61 Å². The van der Waals surface area contributed by atoms with Gasteiger partial charge >= 0.3 is 11.9 Å². The molecule has 0 aromatic carbocycles. The zero-order valence-corrected chi connectivity index (χ0v) is 46.1. The molecule has 0 aliphatic carbocycles. The van der Waals surface area contributed by atoms with E-state index in [4.69, 9.17) is 9.47 Å². The first-order chi connectivity index (χ1) is 35.6. The third kappa shape index (κ3) is 58.1. The number of ether oxygens (including phenoxy) is 2. The van der Waals surface area contributed by atoms with Crippen molar-refractivity contribution in [3.8, 4) is 0 Å². The van der Waals surface area contributed by atoms with Crippen LogP contribution in [0.2, 0.25) is 0 Å². The number of allylic oxidation sites excluding steroid dienone is 26. The average Bonchev–Trinajstić information content (AvgIpc) is 3.38. The number of carbonyl (C=O) groups is 2. The molecule has 0 aromatic heterocycles. The van der Waals surface area contributed by atoms with Crippen molar-refractivity contribution in [2.24, 2.45) is 0 Å². The molecular formula is C67H106O5. The number of aliphatic hydroxyl groups excluding tert-OH is 1. The summed E-state index contributed by atoms with van der Waals surface area (Å²) in [5.41, 5.74) is 0. The molecule has 404 valence electrons. The largest absolute Gasteiger partial charge is 0.462 e. The third-order valence-electron chi connectivity index (χ3n) is 11.8. The first-order valence-electron chi connectivity index (χ1n) is 29.0. The Labute approximate surface area is 443 Å². The third-order valence-corrected chi connectivity index (χ3v) is 11.8. The Morgan fingerprint density at radius 2 is 0.556 bits per heavy atom. The van der Waals surface area contributed by atoms with E-state index in [0.29, 0.717) is 12.8 Å². The molecule has 0 aromatic rings. The Morgan fingerprint density at radius 3 is 0.833 bits per heavy atom. The molecule has 0 fully saturated rings. The fraction of sp³-hybridized carbons (Fsp3) is 0.582. The molecule has 0 bridgehead atoms. The highest BCUT2D eigenvalue weighted by molar-refractivity contribution is 5.70. The van der Waals surface area contributed by atoms with E-state index in [-0.39, 0.29) is 25.2 Å². The van der Waals surface area contributed by atoms with Gasteiger partial charge in [-0.15, -0.1) is 0 Å². The lowest BCUT2D eigenvalue weighted by Gasteiger charge is -2.15. The normalized spacial score (nSPS) is 13.4. The molecule has 1 N–H and O–H groups in total. The number of aliphatic hydroxyl groups is 1. The van der Waals surface area contributed by atoms with E-state index in [0.717, 1.165) is 128 Å². The van der Waals surface area contributed by atoms with Gasteiger partial charge in [0.25, 0.3) is 0 Å². The van der Waals surface area contributed by atoms with Crippen molar-refractivity contribution in [1.82, 2.24) is 0 Å². The van der Waals surface area contributed by atoms with Crippen LogP contribution in [0.1, 0.15) is 232 Å². The van der Waals surface area contributed by atoms with Crippen LogP contribution in [-0.4, -0.2) is 36.4 Å². The molecule has 1 unspecified atom stereocenters. The van der Waals surface area contributed by atoms with Gasteiger partial charge in [0, 0.05) is 12.8 Å². The molecule has 0 heterocycles. The molecule has 0 radical (unpaired) electrons. The second kappa shape index (κ2) is 60.8. The van der Waals surface area contributed by atoms with Crippen LogP contribution in [0, 0.1) is 0 Å². The van der Waals surface area contributed by atoms with E-state index >= 15 is 0 Å². The van der Waals surface area contributed by atoms with Crippen molar-refractivity contribution < 1.29 is 24.2 Å². The van der Waals surface area contributed by atoms with Crippen LogP contribution in [0.5, 0.6) is 0 Å². The number of hydrogen-bond donors (Lipinski definition) is 1. The second-order valence-corrected chi connectivity index (χ2v) is 18.6. The molecule has 0 amide bonds. The zero-order chi connectivity index (χ0) is 52.0. The van der Waals surface area contributed by atoms with Gasteiger partial charge in [0.15, 0.2) is 6.10 Å². The number of rotatable bonds is 51.